The van der Waals surface area contributed by atoms with Gasteiger partial charge in [-0.05, 0) is 19.1 Å². The van der Waals surface area contributed by atoms with Gasteiger partial charge in [-0.3, -0.25) is 4.40 Å². The summed E-state index contributed by atoms with van der Waals surface area (Å²) in [6.07, 6.45) is -3.90. The fourth-order valence-electron chi connectivity index (χ4n) is 1.91. The SMILES string of the molecule is CC(O)CSc1nc2cccnc2n2c(C(F)(F)F)nnc12. The van der Waals surface area contributed by atoms with Gasteiger partial charge in [0.15, 0.2) is 11.3 Å². The van der Waals surface area contributed by atoms with Gasteiger partial charge in [-0.15, -0.1) is 10.2 Å². The lowest BCUT2D eigenvalue weighted by Crippen LogP contribution is -2.12. The summed E-state index contributed by atoms with van der Waals surface area (Å²) in [6, 6.07) is 3.15. The number of hydrogen-bond acceptors (Lipinski definition) is 6. The average molecular weight is 329 g/mol. The summed E-state index contributed by atoms with van der Waals surface area (Å²) in [4.78, 5) is 8.22. The standard InChI is InChI=1S/C12H10F3N5OS/c1-6(21)5-22-10-9-18-19-11(12(13,14)15)20(9)8-7(17-10)3-2-4-16-8/h2-4,6,21H,5H2,1H3. The maximum Gasteiger partial charge on any atom is 0.452 e. The number of aliphatic hydroxyl groups excluding tert-OH is 1. The zero-order valence-electron chi connectivity index (χ0n) is 11.2. The van der Waals surface area contributed by atoms with Crippen LogP contribution >= 0.6 is 11.8 Å². The molecule has 10 heteroatoms. The molecule has 0 spiro atoms. The van der Waals surface area contributed by atoms with Crippen LogP contribution in [0.15, 0.2) is 23.4 Å². The van der Waals surface area contributed by atoms with Crippen LogP contribution in [0.3, 0.4) is 0 Å². The number of aromatic nitrogens is 5. The molecule has 0 aliphatic carbocycles. The monoisotopic (exact) mass is 329 g/mol. The van der Waals surface area contributed by atoms with Crippen LogP contribution in [0, 0.1) is 0 Å². The molecule has 6 nitrogen and oxygen atoms in total. The van der Waals surface area contributed by atoms with Crippen molar-refractivity contribution >= 4 is 28.6 Å². The highest BCUT2D eigenvalue weighted by Crippen LogP contribution is 2.32. The molecule has 0 bridgehead atoms. The number of rotatable bonds is 3. The van der Waals surface area contributed by atoms with Crippen LogP contribution in [0.5, 0.6) is 0 Å². The molecule has 3 aromatic heterocycles. The maximum absolute atomic E-state index is 13.1. The number of hydrogen-bond donors (Lipinski definition) is 1. The van der Waals surface area contributed by atoms with Gasteiger partial charge in [0, 0.05) is 11.9 Å². The lowest BCUT2D eigenvalue weighted by molar-refractivity contribution is -0.145. The van der Waals surface area contributed by atoms with E-state index in [1.54, 1.807) is 19.1 Å². The van der Waals surface area contributed by atoms with Crippen molar-refractivity contribution in [3.8, 4) is 0 Å². The Morgan fingerprint density at radius 2 is 2.09 bits per heavy atom. The number of pyridine rings is 1. The van der Waals surface area contributed by atoms with Crippen molar-refractivity contribution in [1.29, 1.82) is 0 Å². The fourth-order valence-corrected chi connectivity index (χ4v) is 2.73. The molecule has 0 saturated heterocycles. The molecule has 0 fully saturated rings. The van der Waals surface area contributed by atoms with Crippen molar-refractivity contribution in [2.75, 3.05) is 5.75 Å². The second kappa shape index (κ2) is 5.36. The van der Waals surface area contributed by atoms with Crippen molar-refractivity contribution in [2.45, 2.75) is 24.2 Å². The van der Waals surface area contributed by atoms with E-state index in [0.29, 0.717) is 5.52 Å². The van der Waals surface area contributed by atoms with E-state index < -0.39 is 18.1 Å². The first-order valence-corrected chi connectivity index (χ1v) is 7.24. The van der Waals surface area contributed by atoms with Crippen LogP contribution < -0.4 is 0 Å². The molecule has 1 unspecified atom stereocenters. The topological polar surface area (TPSA) is 76.2 Å². The summed E-state index contributed by atoms with van der Waals surface area (Å²) in [7, 11) is 0. The molecule has 0 radical (unpaired) electrons. The minimum Gasteiger partial charge on any atom is -0.393 e. The van der Waals surface area contributed by atoms with E-state index in [9.17, 15) is 18.3 Å². The Morgan fingerprint density at radius 3 is 2.77 bits per heavy atom. The van der Waals surface area contributed by atoms with Crippen molar-refractivity contribution in [3.05, 3.63) is 24.2 Å². The molecule has 1 N–H and O–H groups in total. The number of nitrogens with zero attached hydrogens (tertiary/aromatic N) is 5. The van der Waals surface area contributed by atoms with Crippen LogP contribution in [0.1, 0.15) is 12.7 Å². The fraction of sp³-hybridized carbons (Fsp3) is 0.333. The zero-order valence-corrected chi connectivity index (χ0v) is 12.1. The van der Waals surface area contributed by atoms with E-state index in [1.165, 1.54) is 6.20 Å². The highest BCUT2D eigenvalue weighted by atomic mass is 32.2. The Hall–Kier alpha value is -1.94. The summed E-state index contributed by atoms with van der Waals surface area (Å²) in [5.41, 5.74) is 0.314. The predicted octanol–water partition coefficient (Wildman–Crippen LogP) is 2.16. The molecular weight excluding hydrogens is 319 g/mol. The highest BCUT2D eigenvalue weighted by Gasteiger charge is 2.38. The Morgan fingerprint density at radius 1 is 1.32 bits per heavy atom. The molecule has 0 aromatic carbocycles. The first kappa shape index (κ1) is 15.0. The maximum atomic E-state index is 13.1. The average Bonchev–Trinajstić information content (AvgIpc) is 2.90. The molecule has 0 aliphatic heterocycles. The van der Waals surface area contributed by atoms with Crippen molar-refractivity contribution < 1.29 is 18.3 Å². The van der Waals surface area contributed by atoms with Gasteiger partial charge in [-0.2, -0.15) is 13.2 Å². The van der Waals surface area contributed by atoms with Crippen LogP contribution in [0.25, 0.3) is 16.8 Å². The van der Waals surface area contributed by atoms with E-state index in [4.69, 9.17) is 0 Å². The van der Waals surface area contributed by atoms with Gasteiger partial charge in [-0.1, -0.05) is 11.8 Å². The van der Waals surface area contributed by atoms with E-state index in [-0.39, 0.29) is 22.1 Å². The second-order valence-electron chi connectivity index (χ2n) is 4.60. The van der Waals surface area contributed by atoms with E-state index in [0.717, 1.165) is 16.2 Å². The first-order valence-electron chi connectivity index (χ1n) is 6.26. The largest absolute Gasteiger partial charge is 0.452 e. The summed E-state index contributed by atoms with van der Waals surface area (Å²) in [6.45, 7) is 1.58. The van der Waals surface area contributed by atoms with E-state index in [2.05, 4.69) is 20.2 Å². The van der Waals surface area contributed by atoms with Gasteiger partial charge < -0.3 is 5.11 Å². The molecule has 22 heavy (non-hydrogen) atoms. The highest BCUT2D eigenvalue weighted by molar-refractivity contribution is 7.99. The van der Waals surface area contributed by atoms with Gasteiger partial charge >= 0.3 is 6.18 Å². The predicted molar refractivity (Wildman–Crippen MR) is 73.5 cm³/mol. The first-order chi connectivity index (χ1) is 10.4. The summed E-state index contributed by atoms with van der Waals surface area (Å²) >= 11 is 1.12. The number of fused-ring (bicyclic) bond motifs is 3. The molecule has 3 aromatic rings. The van der Waals surface area contributed by atoms with Crippen molar-refractivity contribution in [3.63, 3.8) is 0 Å². The Balaban J connectivity index is 2.30. The summed E-state index contributed by atoms with van der Waals surface area (Å²) < 4.78 is 40.2. The molecule has 3 heterocycles. The van der Waals surface area contributed by atoms with Crippen LogP contribution in [-0.2, 0) is 6.18 Å². The van der Waals surface area contributed by atoms with Gasteiger partial charge in [-0.25, -0.2) is 9.97 Å². The molecule has 1 atom stereocenters. The second-order valence-corrected chi connectivity index (χ2v) is 5.61. The lowest BCUT2D eigenvalue weighted by atomic mass is 10.4. The Kier molecular flexibility index (Phi) is 3.65. The molecule has 0 saturated carbocycles. The van der Waals surface area contributed by atoms with Gasteiger partial charge in [0.2, 0.25) is 5.82 Å². The Bertz CT molecular complexity index is 833. The lowest BCUT2D eigenvalue weighted by Gasteiger charge is -2.09. The molecular formula is C12H10F3N5OS. The van der Waals surface area contributed by atoms with Gasteiger partial charge in [0.1, 0.15) is 10.5 Å². The summed E-state index contributed by atoms with van der Waals surface area (Å²) in [5.74, 6) is -0.865. The molecule has 0 aliphatic rings. The third-order valence-corrected chi connectivity index (χ3v) is 3.97. The van der Waals surface area contributed by atoms with Crippen LogP contribution in [0.2, 0.25) is 0 Å². The zero-order chi connectivity index (χ0) is 15.9. The minimum absolute atomic E-state index is 0.0239. The molecule has 3 rings (SSSR count). The van der Waals surface area contributed by atoms with Gasteiger partial charge in [0.05, 0.1) is 6.10 Å². The smallest absolute Gasteiger partial charge is 0.393 e. The number of alkyl halides is 3. The quantitative estimate of drug-likeness (QED) is 0.742. The Labute approximate surface area is 126 Å². The minimum atomic E-state index is -4.66. The van der Waals surface area contributed by atoms with Crippen molar-refractivity contribution in [1.82, 2.24) is 24.6 Å². The normalized spacial score (nSPS) is 13.9. The van der Waals surface area contributed by atoms with E-state index in [1.807, 2.05) is 0 Å². The van der Waals surface area contributed by atoms with Crippen molar-refractivity contribution in [2.24, 2.45) is 0 Å². The molecule has 116 valence electrons. The molecule has 0 amide bonds. The van der Waals surface area contributed by atoms with Crippen LogP contribution in [-0.4, -0.2) is 41.5 Å². The number of thioether (sulfide) groups is 1. The van der Waals surface area contributed by atoms with Gasteiger partial charge in [0.25, 0.3) is 0 Å². The number of halogens is 3. The third-order valence-electron chi connectivity index (χ3n) is 2.77. The third kappa shape index (κ3) is 2.59. The van der Waals surface area contributed by atoms with Crippen LogP contribution in [0.4, 0.5) is 13.2 Å². The number of aliphatic hydroxyl groups is 1. The van der Waals surface area contributed by atoms with E-state index >= 15 is 0 Å². The summed E-state index contributed by atoms with van der Waals surface area (Å²) in [5, 5.41) is 16.5.